The van der Waals surface area contributed by atoms with Crippen LogP contribution in [0.25, 0.3) is 17.1 Å². The van der Waals surface area contributed by atoms with E-state index >= 15 is 0 Å². The second-order valence-electron chi connectivity index (χ2n) is 6.40. The molecule has 5 nitrogen and oxygen atoms in total. The van der Waals surface area contributed by atoms with Gasteiger partial charge >= 0.3 is 0 Å². The highest BCUT2D eigenvalue weighted by Crippen LogP contribution is 2.29. The summed E-state index contributed by atoms with van der Waals surface area (Å²) in [6, 6.07) is 18.5. The average Bonchev–Trinajstić information content (AvgIpc) is 3.13. The molecule has 6 heteroatoms. The molecule has 0 bridgehead atoms. The van der Waals surface area contributed by atoms with Gasteiger partial charge in [0.2, 0.25) is 0 Å². The van der Waals surface area contributed by atoms with E-state index in [1.807, 2.05) is 37.3 Å². The molecule has 0 unspecified atom stereocenters. The number of nitrogens with zero attached hydrogens (tertiary/aromatic N) is 4. The van der Waals surface area contributed by atoms with Crippen LogP contribution in [0.15, 0.2) is 53.7 Å². The number of benzene rings is 2. The van der Waals surface area contributed by atoms with Crippen molar-refractivity contribution >= 4 is 11.8 Å². The molecule has 0 aliphatic heterocycles. The van der Waals surface area contributed by atoms with E-state index < -0.39 is 0 Å². The zero-order chi connectivity index (χ0) is 19.8. The fraction of sp³-hybridized carbons (Fsp3) is 0.318. The van der Waals surface area contributed by atoms with Crippen molar-refractivity contribution in [1.29, 1.82) is 5.26 Å². The molecule has 3 aromatic rings. The van der Waals surface area contributed by atoms with Gasteiger partial charge in [-0.15, -0.1) is 10.2 Å². The molecule has 1 aromatic heterocycles. The summed E-state index contributed by atoms with van der Waals surface area (Å²) in [6.45, 7) is 4.70. The van der Waals surface area contributed by atoms with Crippen LogP contribution < -0.4 is 4.74 Å². The van der Waals surface area contributed by atoms with Crippen molar-refractivity contribution in [3.63, 3.8) is 0 Å². The van der Waals surface area contributed by atoms with Crippen molar-refractivity contribution in [2.45, 2.75) is 38.3 Å². The van der Waals surface area contributed by atoms with E-state index in [1.54, 1.807) is 11.8 Å². The molecule has 0 saturated heterocycles. The lowest BCUT2D eigenvalue weighted by Crippen LogP contribution is -2.01. The predicted octanol–water partition coefficient (Wildman–Crippen LogP) is 5.43. The maximum Gasteiger partial charge on any atom is 0.196 e. The van der Waals surface area contributed by atoms with E-state index in [-0.39, 0.29) is 0 Å². The first-order chi connectivity index (χ1) is 13.7. The standard InChI is InChI=1S/C22H24N4OS/c1-3-27-20-12-10-19(11-13-20)26-21(18-9-7-8-17(2)16-18)24-25-22(26)28-15-6-4-5-14-23/h7-13,16H,3-6,15H2,1-2H3. The summed E-state index contributed by atoms with van der Waals surface area (Å²) < 4.78 is 7.67. The summed E-state index contributed by atoms with van der Waals surface area (Å²) in [5.74, 6) is 2.58. The summed E-state index contributed by atoms with van der Waals surface area (Å²) >= 11 is 1.68. The second-order valence-corrected chi connectivity index (χ2v) is 7.46. The molecule has 0 N–H and O–H groups in total. The molecule has 0 atom stereocenters. The van der Waals surface area contributed by atoms with Gasteiger partial charge in [-0.25, -0.2) is 0 Å². The lowest BCUT2D eigenvalue weighted by Gasteiger charge is -2.12. The Labute approximate surface area is 170 Å². The third-order valence-corrected chi connectivity index (χ3v) is 5.24. The van der Waals surface area contributed by atoms with E-state index in [1.165, 1.54) is 5.56 Å². The zero-order valence-corrected chi connectivity index (χ0v) is 17.1. The van der Waals surface area contributed by atoms with Gasteiger partial charge in [-0.1, -0.05) is 35.5 Å². The summed E-state index contributed by atoms with van der Waals surface area (Å²) in [4.78, 5) is 0. The van der Waals surface area contributed by atoms with Gasteiger partial charge < -0.3 is 4.74 Å². The third kappa shape index (κ3) is 4.93. The Bertz CT molecular complexity index is 944. The van der Waals surface area contributed by atoms with Crippen molar-refractivity contribution in [3.05, 3.63) is 54.1 Å². The van der Waals surface area contributed by atoms with Gasteiger partial charge in [0.25, 0.3) is 0 Å². The fourth-order valence-electron chi connectivity index (χ4n) is 2.89. The molecular weight excluding hydrogens is 368 g/mol. The Morgan fingerprint density at radius 1 is 1.11 bits per heavy atom. The molecule has 1 heterocycles. The van der Waals surface area contributed by atoms with Crippen LogP contribution in [0.4, 0.5) is 0 Å². The SMILES string of the molecule is CCOc1ccc(-n2c(SCCCCC#N)nnc2-c2cccc(C)c2)cc1. The van der Waals surface area contributed by atoms with Gasteiger partial charge in [-0.2, -0.15) is 5.26 Å². The maximum absolute atomic E-state index is 8.69. The molecule has 2 aromatic carbocycles. The maximum atomic E-state index is 8.69. The van der Waals surface area contributed by atoms with Crippen LogP contribution in [-0.4, -0.2) is 27.1 Å². The van der Waals surface area contributed by atoms with Crippen LogP contribution in [0.5, 0.6) is 5.75 Å². The first kappa shape index (κ1) is 20.0. The highest BCUT2D eigenvalue weighted by atomic mass is 32.2. The number of nitriles is 1. The highest BCUT2D eigenvalue weighted by molar-refractivity contribution is 7.99. The number of aromatic nitrogens is 3. The number of thioether (sulfide) groups is 1. The van der Waals surface area contributed by atoms with Crippen LogP contribution >= 0.6 is 11.8 Å². The van der Waals surface area contributed by atoms with Gasteiger partial charge in [0, 0.05) is 23.4 Å². The van der Waals surface area contributed by atoms with Crippen molar-refractivity contribution in [2.24, 2.45) is 0 Å². The molecule has 0 amide bonds. The molecule has 0 aliphatic rings. The minimum atomic E-state index is 0.598. The minimum absolute atomic E-state index is 0.598. The fourth-order valence-corrected chi connectivity index (χ4v) is 3.85. The van der Waals surface area contributed by atoms with Gasteiger partial charge in [0.1, 0.15) is 5.75 Å². The van der Waals surface area contributed by atoms with Crippen molar-refractivity contribution in [1.82, 2.24) is 14.8 Å². The van der Waals surface area contributed by atoms with Crippen molar-refractivity contribution < 1.29 is 4.74 Å². The van der Waals surface area contributed by atoms with E-state index in [0.29, 0.717) is 13.0 Å². The van der Waals surface area contributed by atoms with E-state index in [9.17, 15) is 0 Å². The Balaban J connectivity index is 1.93. The van der Waals surface area contributed by atoms with E-state index in [2.05, 4.69) is 46.0 Å². The molecule has 0 fully saturated rings. The van der Waals surface area contributed by atoms with Crippen LogP contribution in [0.3, 0.4) is 0 Å². The van der Waals surface area contributed by atoms with Gasteiger partial charge in [0.15, 0.2) is 11.0 Å². The summed E-state index contributed by atoms with van der Waals surface area (Å²) in [5.41, 5.74) is 3.23. The van der Waals surface area contributed by atoms with Crippen LogP contribution in [-0.2, 0) is 0 Å². The number of hydrogen-bond acceptors (Lipinski definition) is 5. The molecular formula is C22H24N4OS. The molecule has 0 radical (unpaired) electrons. The molecule has 28 heavy (non-hydrogen) atoms. The largest absolute Gasteiger partial charge is 0.494 e. The summed E-state index contributed by atoms with van der Waals surface area (Å²) in [7, 11) is 0. The minimum Gasteiger partial charge on any atom is -0.494 e. The quantitative estimate of drug-likeness (QED) is 0.359. The Morgan fingerprint density at radius 3 is 2.64 bits per heavy atom. The van der Waals surface area contributed by atoms with Gasteiger partial charge in [-0.3, -0.25) is 4.57 Å². The first-order valence-electron chi connectivity index (χ1n) is 9.48. The number of ether oxygens (including phenoxy) is 1. The summed E-state index contributed by atoms with van der Waals surface area (Å²) in [6.07, 6.45) is 2.49. The highest BCUT2D eigenvalue weighted by Gasteiger charge is 2.16. The topological polar surface area (TPSA) is 63.7 Å². The Kier molecular flexibility index (Phi) is 7.10. The lowest BCUT2D eigenvalue weighted by molar-refractivity contribution is 0.340. The third-order valence-electron chi connectivity index (χ3n) is 4.23. The normalized spacial score (nSPS) is 10.6. The number of rotatable bonds is 9. The molecule has 144 valence electrons. The Morgan fingerprint density at radius 2 is 1.93 bits per heavy atom. The zero-order valence-electron chi connectivity index (χ0n) is 16.3. The van der Waals surface area contributed by atoms with Crippen LogP contribution in [0.2, 0.25) is 0 Å². The van der Waals surface area contributed by atoms with Crippen molar-refractivity contribution in [3.8, 4) is 28.9 Å². The van der Waals surface area contributed by atoms with E-state index in [4.69, 9.17) is 10.00 Å². The van der Waals surface area contributed by atoms with Gasteiger partial charge in [-0.05, 0) is 57.0 Å². The molecule has 3 rings (SSSR count). The van der Waals surface area contributed by atoms with E-state index in [0.717, 1.165) is 46.6 Å². The molecule has 0 spiro atoms. The van der Waals surface area contributed by atoms with Crippen molar-refractivity contribution in [2.75, 3.05) is 12.4 Å². The summed E-state index contributed by atoms with van der Waals surface area (Å²) in [5, 5.41) is 18.5. The monoisotopic (exact) mass is 392 g/mol. The molecule has 0 aliphatic carbocycles. The lowest BCUT2D eigenvalue weighted by atomic mass is 10.1. The van der Waals surface area contributed by atoms with Gasteiger partial charge in [0.05, 0.1) is 12.7 Å². The first-order valence-corrected chi connectivity index (χ1v) is 10.5. The number of aryl methyl sites for hydroxylation is 1. The number of hydrogen-bond donors (Lipinski definition) is 0. The Hall–Kier alpha value is -2.78. The van der Waals surface area contributed by atoms with Crippen LogP contribution in [0.1, 0.15) is 31.7 Å². The van der Waals surface area contributed by atoms with Crippen LogP contribution in [0, 0.1) is 18.3 Å². The smallest absolute Gasteiger partial charge is 0.196 e. The average molecular weight is 393 g/mol. The molecule has 0 saturated carbocycles. The predicted molar refractivity (Wildman–Crippen MR) is 113 cm³/mol. The number of unbranched alkanes of at least 4 members (excludes halogenated alkanes) is 2. The second kappa shape index (κ2) is 9.95.